The summed E-state index contributed by atoms with van der Waals surface area (Å²) in [7, 11) is 5.94. The lowest BCUT2D eigenvalue weighted by atomic mass is 9.91. The summed E-state index contributed by atoms with van der Waals surface area (Å²) in [6.07, 6.45) is 5.77. The third-order valence-corrected chi connectivity index (χ3v) is 5.62. The summed E-state index contributed by atoms with van der Waals surface area (Å²) in [6.45, 7) is 4.45. The maximum absolute atomic E-state index is 12.5. The van der Waals surface area contributed by atoms with Gasteiger partial charge in [-0.1, -0.05) is 12.1 Å². The number of hydrogen-bond acceptors (Lipinski definition) is 6. The van der Waals surface area contributed by atoms with Gasteiger partial charge in [0, 0.05) is 50.7 Å². The largest absolute Gasteiger partial charge is 0.365 e. The number of hydrogen-bond donors (Lipinski definition) is 2. The fourth-order valence-corrected chi connectivity index (χ4v) is 3.97. The smallest absolute Gasteiger partial charge is 0.239 e. The highest BCUT2D eigenvalue weighted by molar-refractivity contribution is 5.81. The molecule has 7 nitrogen and oxygen atoms in total. The molecule has 0 saturated heterocycles. The summed E-state index contributed by atoms with van der Waals surface area (Å²) < 4.78 is 0. The molecule has 0 aliphatic heterocycles. The SMILES string of the molecule is Cc1cccc(N(C)CC(=O)N[C@H]2CC[C@@H](Nc3ncc(C)c(N(C)C)n3)CC2)c1. The average Bonchev–Trinajstić information content (AvgIpc) is 2.70. The Balaban J connectivity index is 1.45. The molecule has 1 aromatic carbocycles. The van der Waals surface area contributed by atoms with Gasteiger partial charge in [0.15, 0.2) is 0 Å². The molecule has 1 fully saturated rings. The van der Waals surface area contributed by atoms with Gasteiger partial charge < -0.3 is 20.4 Å². The number of benzene rings is 1. The maximum Gasteiger partial charge on any atom is 0.239 e. The predicted molar refractivity (Wildman–Crippen MR) is 123 cm³/mol. The van der Waals surface area contributed by atoms with Gasteiger partial charge in [-0.3, -0.25) is 4.79 Å². The molecule has 30 heavy (non-hydrogen) atoms. The molecule has 1 aliphatic rings. The summed E-state index contributed by atoms with van der Waals surface area (Å²) in [4.78, 5) is 25.5. The Bertz CT molecular complexity index is 861. The van der Waals surface area contributed by atoms with E-state index in [0.717, 1.165) is 42.8 Å². The van der Waals surface area contributed by atoms with Crippen molar-refractivity contribution in [1.29, 1.82) is 0 Å². The van der Waals surface area contributed by atoms with E-state index < -0.39 is 0 Å². The maximum atomic E-state index is 12.5. The van der Waals surface area contributed by atoms with Crippen LogP contribution in [0.15, 0.2) is 30.5 Å². The number of aryl methyl sites for hydroxylation is 2. The Hall–Kier alpha value is -2.83. The number of nitrogens with zero attached hydrogens (tertiary/aromatic N) is 4. The van der Waals surface area contributed by atoms with Crippen LogP contribution in [0.2, 0.25) is 0 Å². The second-order valence-corrected chi connectivity index (χ2v) is 8.55. The minimum atomic E-state index is 0.0768. The Morgan fingerprint density at radius 1 is 1.10 bits per heavy atom. The summed E-state index contributed by atoms with van der Waals surface area (Å²) in [6, 6.07) is 8.79. The van der Waals surface area contributed by atoms with Crippen molar-refractivity contribution in [2.45, 2.75) is 51.6 Å². The first-order chi connectivity index (χ1) is 14.3. The molecule has 1 saturated carbocycles. The van der Waals surface area contributed by atoms with Gasteiger partial charge in [0.05, 0.1) is 6.54 Å². The molecule has 0 bridgehead atoms. The molecule has 3 rings (SSSR count). The Morgan fingerprint density at radius 2 is 1.80 bits per heavy atom. The lowest BCUT2D eigenvalue weighted by Crippen LogP contribution is -2.44. The van der Waals surface area contributed by atoms with Crippen molar-refractivity contribution >= 4 is 23.4 Å². The number of carbonyl (C=O) groups is 1. The lowest BCUT2D eigenvalue weighted by Gasteiger charge is -2.30. The molecule has 7 heteroatoms. The predicted octanol–water partition coefficient (Wildman–Crippen LogP) is 3.14. The van der Waals surface area contributed by atoms with Crippen LogP contribution in [0.25, 0.3) is 0 Å². The van der Waals surface area contributed by atoms with Gasteiger partial charge in [-0.2, -0.15) is 4.98 Å². The third kappa shape index (κ3) is 5.84. The monoisotopic (exact) mass is 410 g/mol. The van der Waals surface area contributed by atoms with Crippen LogP contribution in [0.1, 0.15) is 36.8 Å². The topological polar surface area (TPSA) is 73.4 Å². The van der Waals surface area contributed by atoms with Crippen LogP contribution in [-0.4, -0.2) is 55.6 Å². The van der Waals surface area contributed by atoms with Gasteiger partial charge in [0.25, 0.3) is 0 Å². The minimum Gasteiger partial charge on any atom is -0.365 e. The van der Waals surface area contributed by atoms with Crippen LogP contribution < -0.4 is 20.4 Å². The molecule has 0 spiro atoms. The average molecular weight is 411 g/mol. The van der Waals surface area contributed by atoms with Crippen molar-refractivity contribution in [1.82, 2.24) is 15.3 Å². The van der Waals surface area contributed by atoms with E-state index in [1.807, 2.05) is 56.2 Å². The number of anilines is 3. The molecule has 2 N–H and O–H groups in total. The number of likely N-dealkylation sites (N-methyl/N-ethyl adjacent to an activating group) is 1. The van der Waals surface area contributed by atoms with Gasteiger partial charge in [0.1, 0.15) is 5.82 Å². The molecule has 1 aliphatic carbocycles. The van der Waals surface area contributed by atoms with E-state index in [-0.39, 0.29) is 11.9 Å². The van der Waals surface area contributed by atoms with Gasteiger partial charge in [-0.25, -0.2) is 4.98 Å². The summed E-state index contributed by atoms with van der Waals surface area (Å²) in [5.74, 6) is 1.69. The Labute approximate surface area is 179 Å². The highest BCUT2D eigenvalue weighted by atomic mass is 16.2. The van der Waals surface area contributed by atoms with Crippen LogP contribution in [0.4, 0.5) is 17.5 Å². The van der Waals surface area contributed by atoms with Crippen LogP contribution in [0.5, 0.6) is 0 Å². The van der Waals surface area contributed by atoms with Crippen molar-refractivity contribution in [3.05, 3.63) is 41.6 Å². The summed E-state index contributed by atoms with van der Waals surface area (Å²) in [5.41, 5.74) is 3.32. The quantitative estimate of drug-likeness (QED) is 0.731. The molecule has 0 atom stereocenters. The zero-order valence-corrected chi connectivity index (χ0v) is 18.8. The first-order valence-corrected chi connectivity index (χ1v) is 10.7. The van der Waals surface area contributed by atoms with Gasteiger partial charge in [0.2, 0.25) is 11.9 Å². The first-order valence-electron chi connectivity index (χ1n) is 10.7. The lowest BCUT2D eigenvalue weighted by molar-refractivity contribution is -0.120. The van der Waals surface area contributed by atoms with E-state index in [0.29, 0.717) is 18.5 Å². The van der Waals surface area contributed by atoms with Crippen molar-refractivity contribution in [2.75, 3.05) is 42.8 Å². The fraction of sp³-hybridized carbons (Fsp3) is 0.522. The molecule has 1 heterocycles. The fourth-order valence-electron chi connectivity index (χ4n) is 3.97. The number of amides is 1. The highest BCUT2D eigenvalue weighted by Crippen LogP contribution is 2.23. The second kappa shape index (κ2) is 9.78. The molecule has 0 unspecified atom stereocenters. The van der Waals surface area contributed by atoms with Gasteiger partial charge in [-0.15, -0.1) is 0 Å². The van der Waals surface area contributed by atoms with Gasteiger partial charge in [-0.05, 0) is 57.2 Å². The molecule has 0 radical (unpaired) electrons. The normalized spacial score (nSPS) is 18.6. The van der Waals surface area contributed by atoms with E-state index in [1.165, 1.54) is 5.56 Å². The second-order valence-electron chi connectivity index (χ2n) is 8.55. The standard InChI is InChI=1S/C23H34N6O/c1-16-7-6-8-20(13-16)29(5)15-21(30)25-18-9-11-19(12-10-18)26-23-24-14-17(2)22(27-23)28(3)4/h6-8,13-14,18-19H,9-12,15H2,1-5H3,(H,25,30)(H,24,26,27)/t18-,19+. The molecule has 1 aromatic heterocycles. The summed E-state index contributed by atoms with van der Waals surface area (Å²) in [5, 5.41) is 6.67. The van der Waals surface area contributed by atoms with Crippen molar-refractivity contribution in [3.8, 4) is 0 Å². The van der Waals surface area contributed by atoms with Crippen molar-refractivity contribution in [3.63, 3.8) is 0 Å². The Morgan fingerprint density at radius 3 is 2.47 bits per heavy atom. The van der Waals surface area contributed by atoms with Gasteiger partial charge >= 0.3 is 0 Å². The van der Waals surface area contributed by atoms with Crippen molar-refractivity contribution < 1.29 is 4.79 Å². The molecule has 1 amide bonds. The number of aromatic nitrogens is 2. The molecule has 2 aromatic rings. The Kier molecular flexibility index (Phi) is 7.13. The van der Waals surface area contributed by atoms with Crippen LogP contribution in [0.3, 0.4) is 0 Å². The van der Waals surface area contributed by atoms with Crippen LogP contribution in [0, 0.1) is 13.8 Å². The van der Waals surface area contributed by atoms with E-state index in [2.05, 4.69) is 39.7 Å². The number of rotatable bonds is 7. The van der Waals surface area contributed by atoms with Crippen LogP contribution >= 0.6 is 0 Å². The van der Waals surface area contributed by atoms with E-state index in [4.69, 9.17) is 0 Å². The molecular weight excluding hydrogens is 376 g/mol. The van der Waals surface area contributed by atoms with Crippen LogP contribution in [-0.2, 0) is 4.79 Å². The zero-order valence-electron chi connectivity index (χ0n) is 18.8. The van der Waals surface area contributed by atoms with E-state index in [1.54, 1.807) is 0 Å². The molecule has 162 valence electrons. The van der Waals surface area contributed by atoms with Crippen molar-refractivity contribution in [2.24, 2.45) is 0 Å². The zero-order chi connectivity index (χ0) is 21.7. The molecular formula is C23H34N6O. The highest BCUT2D eigenvalue weighted by Gasteiger charge is 2.23. The van der Waals surface area contributed by atoms with E-state index >= 15 is 0 Å². The number of nitrogens with one attached hydrogen (secondary N) is 2. The first kappa shape index (κ1) is 21.9. The third-order valence-electron chi connectivity index (χ3n) is 5.62. The van der Waals surface area contributed by atoms with E-state index in [9.17, 15) is 4.79 Å². The number of carbonyl (C=O) groups excluding carboxylic acids is 1. The minimum absolute atomic E-state index is 0.0768. The summed E-state index contributed by atoms with van der Waals surface area (Å²) >= 11 is 0.